The summed E-state index contributed by atoms with van der Waals surface area (Å²) in [6.45, 7) is 4.87. The van der Waals surface area contributed by atoms with Gasteiger partial charge in [0, 0.05) is 49.4 Å². The van der Waals surface area contributed by atoms with Crippen molar-refractivity contribution in [1.82, 2.24) is 10.2 Å². The summed E-state index contributed by atoms with van der Waals surface area (Å²) in [6.07, 6.45) is 1.50. The Bertz CT molecular complexity index is 1210. The predicted molar refractivity (Wildman–Crippen MR) is 156 cm³/mol. The van der Waals surface area contributed by atoms with Crippen molar-refractivity contribution in [2.75, 3.05) is 46.2 Å². The molecule has 7 N–H and O–H groups in total. The quantitative estimate of drug-likeness (QED) is 0.188. The lowest BCUT2D eigenvalue weighted by Gasteiger charge is -2.47. The van der Waals surface area contributed by atoms with E-state index in [0.717, 1.165) is 25.1 Å². The molecule has 4 atom stereocenters. The maximum atomic E-state index is 14.1. The van der Waals surface area contributed by atoms with Gasteiger partial charge in [-0.3, -0.25) is 14.4 Å². The van der Waals surface area contributed by atoms with Crippen LogP contribution >= 0.6 is 0 Å². The Morgan fingerprint density at radius 3 is 2.32 bits per heavy atom. The molecular formula is C30H46N4O7. The van der Waals surface area contributed by atoms with E-state index in [9.17, 15) is 34.8 Å². The summed E-state index contributed by atoms with van der Waals surface area (Å²) in [5.74, 6) is -4.93. The molecule has 11 nitrogen and oxygen atoms in total. The lowest BCUT2D eigenvalue weighted by molar-refractivity contribution is -0.151. The summed E-state index contributed by atoms with van der Waals surface area (Å²) in [6, 6.07) is 1.08. The number of aliphatic hydroxyl groups is 3. The fraction of sp³-hybridized carbons (Fsp3) is 0.633. The van der Waals surface area contributed by atoms with Crippen LogP contribution in [0.3, 0.4) is 0 Å². The number of nitrogens with one attached hydrogen (secondary N) is 1. The molecule has 0 saturated heterocycles. The number of rotatable bonds is 13. The first-order chi connectivity index (χ1) is 19.2. The van der Waals surface area contributed by atoms with Gasteiger partial charge < -0.3 is 41.3 Å². The summed E-state index contributed by atoms with van der Waals surface area (Å²) in [5, 5.41) is 48.3. The molecule has 2 aliphatic carbocycles. The number of phenols is 1. The molecule has 1 amide bonds. The Morgan fingerprint density at radius 1 is 1.17 bits per heavy atom. The average molecular weight is 575 g/mol. The lowest BCUT2D eigenvalue weighted by Crippen LogP contribution is -2.60. The topological polar surface area (TPSA) is 177 Å². The summed E-state index contributed by atoms with van der Waals surface area (Å²) in [4.78, 5) is 42.6. The SMILES string of the molecule is CCC(CC)CNCc1cc(N(C)C)c2c(c1O)C(=O)C1=C(O)[C@](O)(C(=O)CC(N)=O)[C@H](C(CO)N(C)C)C[C@@H]1C2. The van der Waals surface area contributed by atoms with E-state index in [-0.39, 0.29) is 29.7 Å². The highest BCUT2D eigenvalue weighted by Gasteiger charge is 2.58. The van der Waals surface area contributed by atoms with Crippen molar-refractivity contribution in [1.29, 1.82) is 0 Å². The lowest BCUT2D eigenvalue weighted by atomic mass is 9.61. The second kappa shape index (κ2) is 12.9. The maximum Gasteiger partial charge on any atom is 0.225 e. The fourth-order valence-electron chi connectivity index (χ4n) is 6.47. The number of aromatic hydroxyl groups is 1. The molecule has 1 aromatic carbocycles. The fourth-order valence-corrected chi connectivity index (χ4v) is 6.47. The smallest absolute Gasteiger partial charge is 0.225 e. The van der Waals surface area contributed by atoms with Gasteiger partial charge in [0.15, 0.2) is 17.2 Å². The minimum atomic E-state index is -2.62. The van der Waals surface area contributed by atoms with Crippen LogP contribution in [0.2, 0.25) is 0 Å². The molecule has 0 radical (unpaired) electrons. The van der Waals surface area contributed by atoms with Crippen molar-refractivity contribution < 1.29 is 34.8 Å². The van der Waals surface area contributed by atoms with Crippen LogP contribution in [-0.4, -0.2) is 95.8 Å². The van der Waals surface area contributed by atoms with Crippen LogP contribution in [0.1, 0.15) is 61.0 Å². The molecule has 2 aliphatic rings. The number of phenolic OH excluding ortho intramolecular Hbond substituents is 1. The third-order valence-electron chi connectivity index (χ3n) is 8.94. The number of allylic oxidation sites excluding steroid dienone is 1. The Morgan fingerprint density at radius 2 is 1.80 bits per heavy atom. The van der Waals surface area contributed by atoms with E-state index < -0.39 is 59.7 Å². The molecule has 0 aliphatic heterocycles. The number of ketones is 2. The molecule has 0 saturated carbocycles. The number of carbonyl (C=O) groups is 3. The molecule has 41 heavy (non-hydrogen) atoms. The van der Waals surface area contributed by atoms with Gasteiger partial charge in [0.2, 0.25) is 5.91 Å². The van der Waals surface area contributed by atoms with Crippen LogP contribution in [0.5, 0.6) is 5.75 Å². The number of benzene rings is 1. The number of fused-ring (bicyclic) bond motifs is 2. The van der Waals surface area contributed by atoms with Gasteiger partial charge >= 0.3 is 0 Å². The van der Waals surface area contributed by atoms with Crippen LogP contribution in [-0.2, 0) is 22.6 Å². The van der Waals surface area contributed by atoms with Gasteiger partial charge in [-0.25, -0.2) is 0 Å². The summed E-state index contributed by atoms with van der Waals surface area (Å²) < 4.78 is 0. The minimum Gasteiger partial charge on any atom is -0.508 e. The number of aliphatic hydroxyl groups excluding tert-OH is 2. The molecule has 0 bridgehead atoms. The summed E-state index contributed by atoms with van der Waals surface area (Å²) in [7, 11) is 7.02. The van der Waals surface area contributed by atoms with Crippen LogP contribution in [0, 0.1) is 17.8 Å². The number of carbonyl (C=O) groups excluding carboxylic acids is 3. The first-order valence-corrected chi connectivity index (χ1v) is 14.3. The number of anilines is 1. The van der Waals surface area contributed by atoms with Crippen molar-refractivity contribution in [3.05, 3.63) is 34.1 Å². The molecule has 0 spiro atoms. The largest absolute Gasteiger partial charge is 0.508 e. The molecule has 228 valence electrons. The van der Waals surface area contributed by atoms with E-state index in [1.807, 2.05) is 25.1 Å². The number of amides is 1. The molecule has 0 heterocycles. The third-order valence-corrected chi connectivity index (χ3v) is 8.94. The number of primary amides is 1. The molecule has 0 fully saturated rings. The van der Waals surface area contributed by atoms with E-state index in [4.69, 9.17) is 5.73 Å². The molecular weight excluding hydrogens is 528 g/mol. The van der Waals surface area contributed by atoms with E-state index in [1.54, 1.807) is 19.0 Å². The van der Waals surface area contributed by atoms with Crippen LogP contribution < -0.4 is 16.0 Å². The highest BCUT2D eigenvalue weighted by molar-refractivity contribution is 6.15. The van der Waals surface area contributed by atoms with Gasteiger partial charge in [-0.1, -0.05) is 26.7 Å². The number of Topliss-reactive ketones (excluding diaryl/α,β-unsaturated/α-hetero) is 2. The Hall–Kier alpha value is -2.99. The maximum absolute atomic E-state index is 14.1. The normalized spacial score (nSPS) is 23.0. The van der Waals surface area contributed by atoms with Crippen molar-refractivity contribution in [3.63, 3.8) is 0 Å². The van der Waals surface area contributed by atoms with Crippen LogP contribution in [0.15, 0.2) is 17.4 Å². The van der Waals surface area contributed by atoms with Gasteiger partial charge in [0.25, 0.3) is 0 Å². The molecule has 1 aromatic rings. The first-order valence-electron chi connectivity index (χ1n) is 14.3. The number of hydrogen-bond acceptors (Lipinski definition) is 10. The average Bonchev–Trinajstić information content (AvgIpc) is 2.89. The molecule has 1 unspecified atom stereocenters. The second-order valence-electron chi connectivity index (χ2n) is 11.8. The standard InChI is InChI=1S/C30H46N4O7/c1-7-16(8-2)13-32-14-18-11-21(33(3)4)19-9-17-10-20(22(15-35)34(5)6)30(41,23(36)12-24(31)37)29(40)25(17)28(39)26(19)27(18)38/h11,16-17,20,22,32,35,38,40-41H,7-10,12-15H2,1-6H3,(H2,31,37)/t17-,20-,22?,30+/m0/s1. The zero-order chi connectivity index (χ0) is 30.8. The zero-order valence-electron chi connectivity index (χ0n) is 25.0. The van der Waals surface area contributed by atoms with Crippen molar-refractivity contribution in [3.8, 4) is 5.75 Å². The van der Waals surface area contributed by atoms with E-state index in [2.05, 4.69) is 19.2 Å². The van der Waals surface area contributed by atoms with Crippen molar-refractivity contribution in [2.45, 2.75) is 64.1 Å². The minimum absolute atomic E-state index is 0.0304. The Kier molecular flexibility index (Phi) is 10.2. The number of nitrogens with two attached hydrogens (primary N) is 1. The molecule has 3 rings (SSSR count). The third kappa shape index (κ3) is 5.99. The highest BCUT2D eigenvalue weighted by Crippen LogP contribution is 2.51. The number of hydrogen-bond donors (Lipinski definition) is 6. The number of nitrogens with zero attached hydrogens (tertiary/aromatic N) is 2. The van der Waals surface area contributed by atoms with Gasteiger partial charge in [0.1, 0.15) is 11.5 Å². The van der Waals surface area contributed by atoms with E-state index in [0.29, 0.717) is 23.6 Å². The Balaban J connectivity index is 2.19. The van der Waals surface area contributed by atoms with E-state index >= 15 is 0 Å². The second-order valence-corrected chi connectivity index (χ2v) is 11.8. The Labute approximate surface area is 242 Å². The van der Waals surface area contributed by atoms with E-state index in [1.165, 1.54) is 0 Å². The predicted octanol–water partition coefficient (Wildman–Crippen LogP) is 1.27. The van der Waals surface area contributed by atoms with Gasteiger partial charge in [-0.2, -0.15) is 0 Å². The monoisotopic (exact) mass is 574 g/mol. The van der Waals surface area contributed by atoms with Gasteiger partial charge in [0.05, 0.1) is 18.6 Å². The zero-order valence-corrected chi connectivity index (χ0v) is 25.0. The van der Waals surface area contributed by atoms with Gasteiger partial charge in [-0.15, -0.1) is 0 Å². The first kappa shape index (κ1) is 32.5. The molecule has 0 aromatic heterocycles. The van der Waals surface area contributed by atoms with Crippen molar-refractivity contribution in [2.24, 2.45) is 23.5 Å². The number of likely N-dealkylation sites (N-methyl/N-ethyl adjacent to an activating group) is 1. The summed E-state index contributed by atoms with van der Waals surface area (Å²) >= 11 is 0. The van der Waals surface area contributed by atoms with Crippen LogP contribution in [0.4, 0.5) is 5.69 Å². The van der Waals surface area contributed by atoms with Crippen LogP contribution in [0.25, 0.3) is 0 Å². The van der Waals surface area contributed by atoms with Crippen molar-refractivity contribution >= 4 is 23.2 Å². The summed E-state index contributed by atoms with van der Waals surface area (Å²) in [5.41, 5.74) is 4.38. The van der Waals surface area contributed by atoms with Gasteiger partial charge in [-0.05, 0) is 56.9 Å². The highest BCUT2D eigenvalue weighted by atomic mass is 16.3. The molecule has 11 heteroatoms.